The highest BCUT2D eigenvalue weighted by Crippen LogP contribution is 2.24. The van der Waals surface area contributed by atoms with Crippen LogP contribution in [0.25, 0.3) is 0 Å². The summed E-state index contributed by atoms with van der Waals surface area (Å²) < 4.78 is 1.85. The van der Waals surface area contributed by atoms with Crippen molar-refractivity contribution >= 4 is 0 Å². The Hall–Kier alpha value is -0.870. The average molecular weight is 238 g/mol. The Morgan fingerprint density at radius 2 is 2.00 bits per heavy atom. The van der Waals surface area contributed by atoms with Crippen LogP contribution in [0.5, 0.6) is 0 Å². The lowest BCUT2D eigenvalue weighted by Crippen LogP contribution is -2.52. The van der Waals surface area contributed by atoms with Crippen molar-refractivity contribution in [3.63, 3.8) is 0 Å². The largest absolute Gasteiger partial charge is 0.329 e. The summed E-state index contributed by atoms with van der Waals surface area (Å²) in [4.78, 5) is 2.48. The summed E-state index contributed by atoms with van der Waals surface area (Å²) in [7, 11) is 1.95. The van der Waals surface area contributed by atoms with Crippen molar-refractivity contribution in [1.29, 1.82) is 0 Å². The molecule has 1 heterocycles. The number of hydrogen-bond donors (Lipinski definition) is 1. The van der Waals surface area contributed by atoms with Crippen LogP contribution in [0.3, 0.4) is 0 Å². The van der Waals surface area contributed by atoms with Crippen molar-refractivity contribution in [2.45, 2.75) is 45.7 Å². The van der Waals surface area contributed by atoms with E-state index < -0.39 is 0 Å². The molecule has 2 N–H and O–H groups in total. The fourth-order valence-electron chi connectivity index (χ4n) is 2.50. The smallest absolute Gasteiger partial charge is 0.0534 e. The first-order chi connectivity index (χ1) is 8.11. The summed E-state index contributed by atoms with van der Waals surface area (Å²) in [5.74, 6) is 0. The zero-order valence-electron chi connectivity index (χ0n) is 11.6. The lowest BCUT2D eigenvalue weighted by atomic mass is 9.90. The zero-order valence-corrected chi connectivity index (χ0v) is 11.6. The number of rotatable bonds is 7. The molecule has 4 heteroatoms. The second-order valence-electron chi connectivity index (χ2n) is 4.67. The maximum Gasteiger partial charge on any atom is 0.0534 e. The highest BCUT2D eigenvalue weighted by molar-refractivity contribution is 5.05. The Balaban J connectivity index is 2.82. The molecule has 0 aromatic carbocycles. The number of likely N-dealkylation sites (N-methyl/N-ethyl adjacent to an activating group) is 1. The number of nitrogens with two attached hydrogens (primary N) is 1. The van der Waals surface area contributed by atoms with E-state index in [2.05, 4.69) is 37.0 Å². The van der Waals surface area contributed by atoms with Crippen LogP contribution in [-0.2, 0) is 13.6 Å². The maximum atomic E-state index is 6.00. The first-order valence-corrected chi connectivity index (χ1v) is 6.54. The molecule has 17 heavy (non-hydrogen) atoms. The molecule has 1 rings (SSSR count). The van der Waals surface area contributed by atoms with E-state index in [0.29, 0.717) is 6.54 Å². The predicted molar refractivity (Wildman–Crippen MR) is 71.7 cm³/mol. The van der Waals surface area contributed by atoms with Gasteiger partial charge in [-0.05, 0) is 19.4 Å². The number of hydrogen-bond acceptors (Lipinski definition) is 3. The Bertz CT molecular complexity index is 320. The maximum absolute atomic E-state index is 6.00. The molecule has 98 valence electrons. The van der Waals surface area contributed by atoms with Gasteiger partial charge in [0.2, 0.25) is 0 Å². The third-order valence-electron chi connectivity index (χ3n) is 3.88. The van der Waals surface area contributed by atoms with Crippen molar-refractivity contribution in [3.8, 4) is 0 Å². The Labute approximate surface area is 105 Å². The van der Waals surface area contributed by atoms with Crippen LogP contribution in [0.4, 0.5) is 0 Å². The van der Waals surface area contributed by atoms with Crippen molar-refractivity contribution in [3.05, 3.63) is 18.0 Å². The molecule has 0 atom stereocenters. The van der Waals surface area contributed by atoms with E-state index in [9.17, 15) is 0 Å². The molecular weight excluding hydrogens is 212 g/mol. The molecule has 0 unspecified atom stereocenters. The van der Waals surface area contributed by atoms with Gasteiger partial charge >= 0.3 is 0 Å². The van der Waals surface area contributed by atoms with Crippen molar-refractivity contribution < 1.29 is 0 Å². The second-order valence-corrected chi connectivity index (χ2v) is 4.67. The van der Waals surface area contributed by atoms with E-state index in [1.54, 1.807) is 0 Å². The standard InChI is InChI=1S/C13H26N4/c1-5-13(6-2,11-14)17(7-3)10-12-8-15-16(4)9-12/h8-9H,5-7,10-11,14H2,1-4H3. The van der Waals surface area contributed by atoms with Crippen LogP contribution in [-0.4, -0.2) is 33.3 Å². The van der Waals surface area contributed by atoms with Crippen LogP contribution in [0.2, 0.25) is 0 Å². The fourth-order valence-corrected chi connectivity index (χ4v) is 2.50. The molecule has 0 aliphatic heterocycles. The minimum atomic E-state index is 0.130. The first-order valence-electron chi connectivity index (χ1n) is 6.54. The normalized spacial score (nSPS) is 12.4. The predicted octanol–water partition coefficient (Wildman–Crippen LogP) is 1.76. The van der Waals surface area contributed by atoms with Crippen LogP contribution in [0.1, 0.15) is 39.2 Å². The van der Waals surface area contributed by atoms with Crippen LogP contribution in [0, 0.1) is 0 Å². The second kappa shape index (κ2) is 6.17. The number of aromatic nitrogens is 2. The molecular formula is C13H26N4. The summed E-state index contributed by atoms with van der Waals surface area (Å²) in [6.07, 6.45) is 6.20. The van der Waals surface area contributed by atoms with E-state index in [0.717, 1.165) is 25.9 Å². The molecule has 0 bridgehead atoms. The van der Waals surface area contributed by atoms with Gasteiger partial charge in [0.15, 0.2) is 0 Å². The molecule has 0 saturated heterocycles. The van der Waals surface area contributed by atoms with Crippen molar-refractivity contribution in [2.24, 2.45) is 12.8 Å². The number of nitrogens with zero attached hydrogens (tertiary/aromatic N) is 3. The molecule has 0 aliphatic rings. The van der Waals surface area contributed by atoms with Gasteiger partial charge in [-0.15, -0.1) is 0 Å². The zero-order chi connectivity index (χ0) is 12.9. The highest BCUT2D eigenvalue weighted by Gasteiger charge is 2.31. The molecule has 0 spiro atoms. The molecule has 0 saturated carbocycles. The molecule has 0 radical (unpaired) electrons. The van der Waals surface area contributed by atoms with Crippen molar-refractivity contribution in [2.75, 3.05) is 13.1 Å². The quantitative estimate of drug-likeness (QED) is 0.787. The van der Waals surface area contributed by atoms with Gasteiger partial charge in [-0.25, -0.2) is 0 Å². The molecule has 4 nitrogen and oxygen atoms in total. The Morgan fingerprint density at radius 1 is 1.35 bits per heavy atom. The lowest BCUT2D eigenvalue weighted by Gasteiger charge is -2.42. The first kappa shape index (κ1) is 14.2. The van der Waals surface area contributed by atoms with Gasteiger partial charge < -0.3 is 5.73 Å². The summed E-state index contributed by atoms with van der Waals surface area (Å²) in [5, 5.41) is 4.22. The highest BCUT2D eigenvalue weighted by atomic mass is 15.3. The molecule has 0 aliphatic carbocycles. The molecule has 0 amide bonds. The van der Waals surface area contributed by atoms with Gasteiger partial charge in [-0.3, -0.25) is 9.58 Å². The van der Waals surface area contributed by atoms with Gasteiger partial charge in [-0.1, -0.05) is 20.8 Å². The monoisotopic (exact) mass is 238 g/mol. The summed E-state index contributed by atoms with van der Waals surface area (Å²) in [6, 6.07) is 0. The molecule has 0 fully saturated rings. The van der Waals surface area contributed by atoms with Crippen molar-refractivity contribution in [1.82, 2.24) is 14.7 Å². The van der Waals surface area contributed by atoms with E-state index in [4.69, 9.17) is 5.73 Å². The Morgan fingerprint density at radius 3 is 2.35 bits per heavy atom. The summed E-state index contributed by atoms with van der Waals surface area (Å²) >= 11 is 0. The third kappa shape index (κ3) is 3.07. The van der Waals surface area contributed by atoms with Crippen LogP contribution < -0.4 is 5.73 Å². The van der Waals surface area contributed by atoms with Crippen LogP contribution in [0.15, 0.2) is 12.4 Å². The van der Waals surface area contributed by atoms with E-state index >= 15 is 0 Å². The Kier molecular flexibility index (Phi) is 5.15. The van der Waals surface area contributed by atoms with Gasteiger partial charge in [0, 0.05) is 37.4 Å². The third-order valence-corrected chi connectivity index (χ3v) is 3.88. The van der Waals surface area contributed by atoms with Gasteiger partial charge in [0.1, 0.15) is 0 Å². The van der Waals surface area contributed by atoms with Crippen LogP contribution >= 0.6 is 0 Å². The molecule has 1 aromatic heterocycles. The minimum absolute atomic E-state index is 0.130. The summed E-state index contributed by atoms with van der Waals surface area (Å²) in [6.45, 7) is 9.32. The molecule has 1 aromatic rings. The lowest BCUT2D eigenvalue weighted by molar-refractivity contribution is 0.0828. The van der Waals surface area contributed by atoms with Gasteiger partial charge in [0.25, 0.3) is 0 Å². The van der Waals surface area contributed by atoms with E-state index in [1.807, 2.05) is 17.9 Å². The van der Waals surface area contributed by atoms with Gasteiger partial charge in [0.05, 0.1) is 6.20 Å². The van der Waals surface area contributed by atoms with Gasteiger partial charge in [-0.2, -0.15) is 5.10 Å². The SMILES string of the molecule is CCN(Cc1cnn(C)c1)C(CC)(CC)CN. The number of aryl methyl sites for hydroxylation is 1. The minimum Gasteiger partial charge on any atom is -0.329 e. The topological polar surface area (TPSA) is 47.1 Å². The summed E-state index contributed by atoms with van der Waals surface area (Å²) in [5.41, 5.74) is 7.39. The average Bonchev–Trinajstić information content (AvgIpc) is 2.76. The van der Waals surface area contributed by atoms with E-state index in [-0.39, 0.29) is 5.54 Å². The fraction of sp³-hybridized carbons (Fsp3) is 0.769. The van der Waals surface area contributed by atoms with E-state index in [1.165, 1.54) is 5.56 Å².